The minimum absolute atomic E-state index is 0.0713. The molecule has 0 bridgehead atoms. The van der Waals surface area contributed by atoms with Crippen LogP contribution in [0.1, 0.15) is 36.0 Å². The van der Waals surface area contributed by atoms with Gasteiger partial charge in [0.25, 0.3) is 5.91 Å². The quantitative estimate of drug-likeness (QED) is 0.775. The highest BCUT2D eigenvalue weighted by molar-refractivity contribution is 14.1. The number of carbonyl (C=O) groups excluding carboxylic acids is 1. The molecule has 0 saturated heterocycles. The maximum absolute atomic E-state index is 12.1. The molecule has 1 aromatic rings. The predicted molar refractivity (Wildman–Crippen MR) is 84.5 cm³/mol. The molecule has 0 aliphatic heterocycles. The van der Waals surface area contributed by atoms with E-state index in [0.717, 1.165) is 29.3 Å². The minimum atomic E-state index is -0.152. The number of rotatable bonds is 3. The smallest absolute Gasteiger partial charge is 0.252 e. The van der Waals surface area contributed by atoms with Gasteiger partial charge in [-0.2, -0.15) is 0 Å². The monoisotopic (exact) mass is 393 g/mol. The summed E-state index contributed by atoms with van der Waals surface area (Å²) in [6.45, 7) is 0.675. The molecule has 5 heteroatoms. The van der Waals surface area contributed by atoms with Gasteiger partial charge in [0, 0.05) is 15.1 Å². The van der Waals surface area contributed by atoms with Crippen LogP contribution >= 0.6 is 34.2 Å². The van der Waals surface area contributed by atoms with Gasteiger partial charge in [-0.15, -0.1) is 0 Å². The summed E-state index contributed by atoms with van der Waals surface area (Å²) in [5.74, 6) is 0.405. The Morgan fingerprint density at radius 2 is 2.05 bits per heavy atom. The van der Waals surface area contributed by atoms with E-state index in [9.17, 15) is 9.90 Å². The van der Waals surface area contributed by atoms with Crippen LogP contribution in [0.15, 0.2) is 18.2 Å². The zero-order chi connectivity index (χ0) is 13.8. The maximum atomic E-state index is 12.1. The third-order valence-corrected chi connectivity index (χ3v) is 4.72. The van der Waals surface area contributed by atoms with Crippen molar-refractivity contribution in [3.63, 3.8) is 0 Å². The van der Waals surface area contributed by atoms with E-state index >= 15 is 0 Å². The SMILES string of the molecule is O=C(NCC1CCC(O)CC1)c1cc(Cl)ccc1I. The van der Waals surface area contributed by atoms with Crippen molar-refractivity contribution in [2.75, 3.05) is 6.54 Å². The Bertz CT molecular complexity index is 459. The zero-order valence-electron chi connectivity index (χ0n) is 10.5. The average Bonchev–Trinajstić information content (AvgIpc) is 2.40. The Kier molecular flexibility index (Phi) is 5.47. The van der Waals surface area contributed by atoms with Crippen molar-refractivity contribution in [3.05, 3.63) is 32.4 Å². The van der Waals surface area contributed by atoms with Gasteiger partial charge in [0.05, 0.1) is 11.7 Å². The van der Waals surface area contributed by atoms with Gasteiger partial charge < -0.3 is 10.4 Å². The molecule has 0 radical (unpaired) electrons. The molecule has 1 aliphatic rings. The number of halogens is 2. The number of aliphatic hydroxyl groups excluding tert-OH is 1. The highest BCUT2D eigenvalue weighted by Gasteiger charge is 2.20. The number of amides is 1. The number of nitrogens with one attached hydrogen (secondary N) is 1. The normalized spacial score (nSPS) is 23.1. The van der Waals surface area contributed by atoms with E-state index < -0.39 is 0 Å². The van der Waals surface area contributed by atoms with E-state index in [2.05, 4.69) is 27.9 Å². The maximum Gasteiger partial charge on any atom is 0.252 e. The van der Waals surface area contributed by atoms with Crippen LogP contribution in [0.25, 0.3) is 0 Å². The largest absolute Gasteiger partial charge is 0.393 e. The Morgan fingerprint density at radius 1 is 1.37 bits per heavy atom. The van der Waals surface area contributed by atoms with Gasteiger partial charge in [-0.3, -0.25) is 4.79 Å². The Labute approximate surface area is 131 Å². The summed E-state index contributed by atoms with van der Waals surface area (Å²) in [5.41, 5.74) is 0.629. The molecule has 0 heterocycles. The molecule has 2 rings (SSSR count). The van der Waals surface area contributed by atoms with E-state index in [-0.39, 0.29) is 12.0 Å². The van der Waals surface area contributed by atoms with Gasteiger partial charge in [0.1, 0.15) is 0 Å². The van der Waals surface area contributed by atoms with E-state index in [1.165, 1.54) is 0 Å². The van der Waals surface area contributed by atoms with Crippen LogP contribution in [0.4, 0.5) is 0 Å². The van der Waals surface area contributed by atoms with Gasteiger partial charge in [0.15, 0.2) is 0 Å². The minimum Gasteiger partial charge on any atom is -0.393 e. The highest BCUT2D eigenvalue weighted by Crippen LogP contribution is 2.24. The van der Waals surface area contributed by atoms with Crippen molar-refractivity contribution in [1.82, 2.24) is 5.32 Å². The van der Waals surface area contributed by atoms with Crippen molar-refractivity contribution in [1.29, 1.82) is 0 Å². The molecule has 0 spiro atoms. The van der Waals surface area contributed by atoms with Crippen molar-refractivity contribution in [3.8, 4) is 0 Å². The van der Waals surface area contributed by atoms with Gasteiger partial charge in [-0.05, 0) is 72.4 Å². The zero-order valence-corrected chi connectivity index (χ0v) is 13.4. The molecule has 0 atom stereocenters. The molecule has 1 aromatic carbocycles. The molecule has 2 N–H and O–H groups in total. The number of benzene rings is 1. The van der Waals surface area contributed by atoms with Gasteiger partial charge in [0.2, 0.25) is 0 Å². The van der Waals surface area contributed by atoms with Crippen LogP contribution in [-0.2, 0) is 0 Å². The molecule has 3 nitrogen and oxygen atoms in total. The van der Waals surface area contributed by atoms with Gasteiger partial charge in [-0.25, -0.2) is 0 Å². The summed E-state index contributed by atoms with van der Waals surface area (Å²) in [4.78, 5) is 12.1. The topological polar surface area (TPSA) is 49.3 Å². The number of carbonyl (C=O) groups is 1. The second-order valence-electron chi connectivity index (χ2n) is 5.01. The molecule has 0 aromatic heterocycles. The molecule has 1 saturated carbocycles. The lowest BCUT2D eigenvalue weighted by molar-refractivity contribution is 0.0909. The lowest BCUT2D eigenvalue weighted by Gasteiger charge is -2.25. The highest BCUT2D eigenvalue weighted by atomic mass is 127. The molecule has 19 heavy (non-hydrogen) atoms. The van der Waals surface area contributed by atoms with Crippen LogP contribution in [0, 0.1) is 9.49 Å². The molecular formula is C14H17ClINO2. The summed E-state index contributed by atoms with van der Waals surface area (Å²) in [6.07, 6.45) is 3.49. The molecule has 1 aliphatic carbocycles. The van der Waals surface area contributed by atoms with Crippen molar-refractivity contribution in [2.45, 2.75) is 31.8 Å². The molecule has 0 unspecified atom stereocenters. The fourth-order valence-electron chi connectivity index (χ4n) is 2.35. The van der Waals surface area contributed by atoms with Crippen LogP contribution in [0.5, 0.6) is 0 Å². The fraction of sp³-hybridized carbons (Fsp3) is 0.500. The number of aliphatic hydroxyl groups is 1. The fourth-order valence-corrected chi connectivity index (χ4v) is 3.11. The first-order valence-corrected chi connectivity index (χ1v) is 7.93. The third kappa shape index (κ3) is 4.33. The standard InChI is InChI=1S/C14H17ClINO2/c15-10-3-6-13(16)12(7-10)14(19)17-8-9-1-4-11(18)5-2-9/h3,6-7,9,11,18H,1-2,4-5,8H2,(H,17,19). The molecule has 104 valence electrons. The Hall–Kier alpha value is -0.330. The van der Waals surface area contributed by atoms with E-state index in [4.69, 9.17) is 11.6 Å². The molecule has 1 fully saturated rings. The Balaban J connectivity index is 1.89. The van der Waals surface area contributed by atoms with Crippen LogP contribution in [0.3, 0.4) is 0 Å². The second kappa shape index (κ2) is 6.90. The van der Waals surface area contributed by atoms with Crippen LogP contribution < -0.4 is 5.32 Å². The van der Waals surface area contributed by atoms with Crippen molar-refractivity contribution >= 4 is 40.1 Å². The van der Waals surface area contributed by atoms with Gasteiger partial charge in [-0.1, -0.05) is 11.6 Å². The first-order chi connectivity index (χ1) is 9.06. The van der Waals surface area contributed by atoms with Gasteiger partial charge >= 0.3 is 0 Å². The van der Waals surface area contributed by atoms with Crippen LogP contribution in [0.2, 0.25) is 5.02 Å². The predicted octanol–water partition coefficient (Wildman–Crippen LogP) is 3.23. The summed E-state index contributed by atoms with van der Waals surface area (Å²) in [5, 5.41) is 13.0. The second-order valence-corrected chi connectivity index (χ2v) is 6.61. The summed E-state index contributed by atoms with van der Waals surface area (Å²) in [6, 6.07) is 5.32. The van der Waals surface area contributed by atoms with E-state index in [0.29, 0.717) is 23.0 Å². The summed E-state index contributed by atoms with van der Waals surface area (Å²) >= 11 is 8.05. The van der Waals surface area contributed by atoms with Crippen molar-refractivity contribution in [2.24, 2.45) is 5.92 Å². The first-order valence-electron chi connectivity index (χ1n) is 6.47. The third-order valence-electron chi connectivity index (χ3n) is 3.54. The van der Waals surface area contributed by atoms with Crippen molar-refractivity contribution < 1.29 is 9.90 Å². The summed E-state index contributed by atoms with van der Waals surface area (Å²) < 4.78 is 0.901. The number of hydrogen-bond donors (Lipinski definition) is 2. The molecular weight excluding hydrogens is 377 g/mol. The van der Waals surface area contributed by atoms with E-state index in [1.54, 1.807) is 12.1 Å². The lowest BCUT2D eigenvalue weighted by atomic mass is 9.87. The first kappa shape index (κ1) is 15.1. The van der Waals surface area contributed by atoms with E-state index in [1.807, 2.05) is 6.07 Å². The lowest BCUT2D eigenvalue weighted by Crippen LogP contribution is -2.32. The molecule has 1 amide bonds. The average molecular weight is 394 g/mol. The summed E-state index contributed by atoms with van der Waals surface area (Å²) in [7, 11) is 0. The Morgan fingerprint density at radius 3 is 2.74 bits per heavy atom. The van der Waals surface area contributed by atoms with Crippen LogP contribution in [-0.4, -0.2) is 23.7 Å². The number of hydrogen-bond acceptors (Lipinski definition) is 2.